The van der Waals surface area contributed by atoms with Crippen LogP contribution in [0.2, 0.25) is 0 Å². The van der Waals surface area contributed by atoms with E-state index in [0.29, 0.717) is 37.4 Å². The standard InChI is InChI=1S/C43H44N4O7/c1-2-36(29-6-4-3-5-7-29)41(30-8-12-33(48)13-9-30)31-10-14-34(15-11-31)53-25-24-45-20-22-46(23-21-45)40(50)28-54-35-16-17-37-32(26-35)27-47(43(37)52)38-18-19-39(49)44-42(38)51/h3-17,26,38,48H,2,18-25,27-28H2,1H3,(H,44,49,51)/b41-36-. The van der Waals surface area contributed by atoms with Crippen molar-refractivity contribution < 1.29 is 33.8 Å². The van der Waals surface area contributed by atoms with Gasteiger partial charge in [0.25, 0.3) is 11.8 Å². The number of piperazine rings is 1. The zero-order valence-corrected chi connectivity index (χ0v) is 30.3. The first-order valence-electron chi connectivity index (χ1n) is 18.5. The monoisotopic (exact) mass is 728 g/mol. The number of amides is 4. The van der Waals surface area contributed by atoms with Gasteiger partial charge in [-0.05, 0) is 88.7 Å². The average molecular weight is 729 g/mol. The van der Waals surface area contributed by atoms with E-state index < -0.39 is 11.9 Å². The third-order valence-electron chi connectivity index (χ3n) is 10.3. The van der Waals surface area contributed by atoms with Crippen LogP contribution in [-0.2, 0) is 20.9 Å². The van der Waals surface area contributed by atoms with E-state index >= 15 is 0 Å². The second-order valence-corrected chi connectivity index (χ2v) is 13.7. The van der Waals surface area contributed by atoms with E-state index in [-0.39, 0.29) is 43.0 Å². The van der Waals surface area contributed by atoms with Gasteiger partial charge in [0.05, 0.1) is 0 Å². The van der Waals surface area contributed by atoms with Crippen LogP contribution < -0.4 is 14.8 Å². The minimum atomic E-state index is -0.681. The predicted octanol–water partition coefficient (Wildman–Crippen LogP) is 5.12. The van der Waals surface area contributed by atoms with Gasteiger partial charge in [-0.2, -0.15) is 0 Å². The van der Waals surface area contributed by atoms with E-state index in [9.17, 15) is 24.3 Å². The van der Waals surface area contributed by atoms with Crippen molar-refractivity contribution in [3.8, 4) is 17.2 Å². The van der Waals surface area contributed by atoms with Crippen molar-refractivity contribution in [2.75, 3.05) is 45.9 Å². The fourth-order valence-electron chi connectivity index (χ4n) is 7.42. The summed E-state index contributed by atoms with van der Waals surface area (Å²) < 4.78 is 12.0. The van der Waals surface area contributed by atoms with Crippen molar-refractivity contribution in [3.63, 3.8) is 0 Å². The number of benzene rings is 4. The molecule has 0 saturated carbocycles. The van der Waals surface area contributed by atoms with Gasteiger partial charge in [0, 0.05) is 51.3 Å². The summed E-state index contributed by atoms with van der Waals surface area (Å²) in [6.45, 7) is 6.17. The average Bonchev–Trinajstić information content (AvgIpc) is 3.52. The number of aromatic hydroxyl groups is 1. The van der Waals surface area contributed by atoms with Crippen LogP contribution >= 0.6 is 0 Å². The molecule has 4 aromatic rings. The lowest BCUT2D eigenvalue weighted by Crippen LogP contribution is -2.52. The van der Waals surface area contributed by atoms with Gasteiger partial charge in [0.1, 0.15) is 29.9 Å². The number of ether oxygens (including phenoxy) is 2. The second kappa shape index (κ2) is 16.4. The number of allylic oxidation sites excluding steroid dienone is 1. The first kappa shape index (κ1) is 36.4. The molecular formula is C43H44N4O7. The summed E-state index contributed by atoms with van der Waals surface area (Å²) in [6.07, 6.45) is 1.34. The van der Waals surface area contributed by atoms with Crippen molar-refractivity contribution >= 4 is 34.8 Å². The van der Waals surface area contributed by atoms with E-state index in [1.54, 1.807) is 35.2 Å². The number of rotatable bonds is 12. The first-order valence-corrected chi connectivity index (χ1v) is 18.5. The highest BCUT2D eigenvalue weighted by molar-refractivity contribution is 6.05. The molecule has 2 N–H and O–H groups in total. The highest BCUT2D eigenvalue weighted by Crippen LogP contribution is 2.36. The maximum absolute atomic E-state index is 13.0. The van der Waals surface area contributed by atoms with E-state index in [4.69, 9.17) is 9.47 Å². The van der Waals surface area contributed by atoms with Gasteiger partial charge < -0.3 is 24.4 Å². The van der Waals surface area contributed by atoms with Crippen LogP contribution in [0.5, 0.6) is 17.2 Å². The van der Waals surface area contributed by atoms with E-state index in [2.05, 4.69) is 41.4 Å². The Balaban J connectivity index is 0.876. The molecule has 3 heterocycles. The van der Waals surface area contributed by atoms with Crippen LogP contribution in [0.4, 0.5) is 0 Å². The molecule has 11 nitrogen and oxygen atoms in total. The number of phenols is 1. The molecule has 0 spiro atoms. The Bertz CT molecular complexity index is 2040. The molecule has 54 heavy (non-hydrogen) atoms. The number of fused-ring (bicyclic) bond motifs is 1. The lowest BCUT2D eigenvalue weighted by atomic mass is 9.88. The predicted molar refractivity (Wildman–Crippen MR) is 204 cm³/mol. The minimum Gasteiger partial charge on any atom is -0.508 e. The first-order chi connectivity index (χ1) is 26.3. The third-order valence-corrected chi connectivity index (χ3v) is 10.3. The van der Waals surface area contributed by atoms with Crippen LogP contribution in [0.15, 0.2) is 97.1 Å². The zero-order valence-electron chi connectivity index (χ0n) is 30.3. The molecule has 2 saturated heterocycles. The van der Waals surface area contributed by atoms with Crippen LogP contribution in [-0.4, -0.2) is 95.4 Å². The van der Waals surface area contributed by atoms with Gasteiger partial charge in [0.15, 0.2) is 6.61 Å². The second-order valence-electron chi connectivity index (χ2n) is 13.7. The Morgan fingerprint density at radius 1 is 0.815 bits per heavy atom. The molecule has 4 amide bonds. The fourth-order valence-corrected chi connectivity index (χ4v) is 7.42. The van der Waals surface area contributed by atoms with E-state index in [1.807, 2.05) is 42.5 Å². The number of piperidine rings is 1. The molecule has 278 valence electrons. The molecule has 2 fully saturated rings. The van der Waals surface area contributed by atoms with Crippen LogP contribution in [0.1, 0.15) is 58.8 Å². The van der Waals surface area contributed by atoms with Crippen molar-refractivity contribution in [1.29, 1.82) is 0 Å². The van der Waals surface area contributed by atoms with Crippen LogP contribution in [0.3, 0.4) is 0 Å². The number of imide groups is 1. The molecule has 11 heteroatoms. The Kier molecular flexibility index (Phi) is 11.1. The Hall–Kier alpha value is -5.94. The summed E-state index contributed by atoms with van der Waals surface area (Å²) in [5, 5.41) is 12.2. The van der Waals surface area contributed by atoms with Crippen molar-refractivity contribution in [2.24, 2.45) is 0 Å². The summed E-state index contributed by atoms with van der Waals surface area (Å²) in [5.74, 6) is 0.373. The highest BCUT2D eigenvalue weighted by atomic mass is 16.5. The largest absolute Gasteiger partial charge is 0.508 e. The molecule has 7 rings (SSSR count). The highest BCUT2D eigenvalue weighted by Gasteiger charge is 2.39. The Morgan fingerprint density at radius 3 is 2.19 bits per heavy atom. The van der Waals surface area contributed by atoms with Gasteiger partial charge in [-0.3, -0.25) is 29.4 Å². The van der Waals surface area contributed by atoms with Gasteiger partial charge in [0.2, 0.25) is 11.8 Å². The van der Waals surface area contributed by atoms with Crippen LogP contribution in [0.25, 0.3) is 11.1 Å². The maximum atomic E-state index is 13.0. The summed E-state index contributed by atoms with van der Waals surface area (Å²) in [6, 6.07) is 30.3. The summed E-state index contributed by atoms with van der Waals surface area (Å²) in [4.78, 5) is 55.4. The number of carbonyl (C=O) groups excluding carboxylic acids is 4. The Labute approximate surface area is 314 Å². The molecule has 0 aliphatic carbocycles. The van der Waals surface area contributed by atoms with Gasteiger partial charge in [-0.1, -0.05) is 61.5 Å². The van der Waals surface area contributed by atoms with Gasteiger partial charge >= 0.3 is 0 Å². The normalized spacial score (nSPS) is 17.9. The number of phenolic OH excluding ortho intramolecular Hbond substituents is 1. The topological polar surface area (TPSA) is 129 Å². The van der Waals surface area contributed by atoms with Crippen molar-refractivity contribution in [2.45, 2.75) is 38.8 Å². The van der Waals surface area contributed by atoms with Gasteiger partial charge in [-0.15, -0.1) is 0 Å². The number of nitrogens with one attached hydrogen (secondary N) is 1. The molecule has 1 atom stereocenters. The van der Waals surface area contributed by atoms with Gasteiger partial charge in [-0.25, -0.2) is 0 Å². The quantitative estimate of drug-likeness (QED) is 0.152. The lowest BCUT2D eigenvalue weighted by molar-refractivity contribution is -0.137. The van der Waals surface area contributed by atoms with Crippen LogP contribution in [0, 0.1) is 0 Å². The number of nitrogens with zero attached hydrogens (tertiary/aromatic N) is 3. The minimum absolute atomic E-state index is 0.105. The summed E-state index contributed by atoms with van der Waals surface area (Å²) >= 11 is 0. The van der Waals surface area contributed by atoms with Crippen molar-refractivity contribution in [3.05, 3.63) is 125 Å². The van der Waals surface area contributed by atoms with E-state index in [0.717, 1.165) is 59.6 Å². The molecule has 3 aliphatic rings. The molecule has 3 aliphatic heterocycles. The Morgan fingerprint density at radius 2 is 1.50 bits per heavy atom. The lowest BCUT2D eigenvalue weighted by Gasteiger charge is -2.34. The molecule has 0 radical (unpaired) electrons. The third kappa shape index (κ3) is 8.16. The summed E-state index contributed by atoms with van der Waals surface area (Å²) in [7, 11) is 0. The number of hydrogen-bond acceptors (Lipinski definition) is 8. The molecule has 0 bridgehead atoms. The molecule has 1 unspecified atom stereocenters. The summed E-state index contributed by atoms with van der Waals surface area (Å²) in [5.41, 5.74) is 6.84. The smallest absolute Gasteiger partial charge is 0.260 e. The molecular weight excluding hydrogens is 684 g/mol. The van der Waals surface area contributed by atoms with E-state index in [1.165, 1.54) is 10.5 Å². The zero-order chi connectivity index (χ0) is 37.6. The van der Waals surface area contributed by atoms with Crippen molar-refractivity contribution in [1.82, 2.24) is 20.0 Å². The number of hydrogen-bond donors (Lipinski definition) is 2. The number of carbonyl (C=O) groups is 4. The SMILES string of the molecule is CC/C(=C(\c1ccc(O)cc1)c1ccc(OCCN2CCN(C(=O)COc3ccc4c(c3)CN(C3CCC(=O)NC3=O)C4=O)CC2)cc1)c1ccccc1. The molecule has 4 aromatic carbocycles. The molecule has 0 aromatic heterocycles. The fraction of sp³-hybridized carbons (Fsp3) is 0.302. The maximum Gasteiger partial charge on any atom is 0.260 e.